The summed E-state index contributed by atoms with van der Waals surface area (Å²) < 4.78 is 4.89. The minimum Gasteiger partial charge on any atom is -0.473 e. The molecule has 5 nitrogen and oxygen atoms in total. The highest BCUT2D eigenvalue weighted by atomic mass is 32.1. The summed E-state index contributed by atoms with van der Waals surface area (Å²) >= 11 is 1.32. The molecule has 13 heavy (non-hydrogen) atoms. The van der Waals surface area contributed by atoms with Crippen LogP contribution in [0, 0.1) is 0 Å². The number of amides is 1. The number of primary amides is 1. The van der Waals surface area contributed by atoms with Crippen molar-refractivity contribution < 1.29 is 9.53 Å². The van der Waals surface area contributed by atoms with Crippen LogP contribution < -0.4 is 16.2 Å². The van der Waals surface area contributed by atoms with Crippen LogP contribution in [-0.4, -0.2) is 18.0 Å². The molecule has 1 aromatic heterocycles. The van der Waals surface area contributed by atoms with Gasteiger partial charge in [-0.25, -0.2) is 4.98 Å². The second-order valence-corrected chi connectivity index (χ2v) is 3.53. The predicted molar refractivity (Wildman–Crippen MR) is 49.4 cm³/mol. The number of nitrogens with two attached hydrogens (primary N) is 2. The number of methoxy groups -OCH3 is 1. The molecule has 1 aromatic rings. The molecule has 0 aliphatic rings. The predicted octanol–water partition coefficient (Wildman–Crippen LogP) is 0.0269. The normalized spacial score (nSPS) is 12.5. The third-order valence-corrected chi connectivity index (χ3v) is 2.55. The van der Waals surface area contributed by atoms with Gasteiger partial charge in [-0.2, -0.15) is 0 Å². The molecule has 0 saturated heterocycles. The van der Waals surface area contributed by atoms with Crippen LogP contribution in [0.5, 0.6) is 5.19 Å². The zero-order chi connectivity index (χ0) is 9.84. The van der Waals surface area contributed by atoms with Crippen molar-refractivity contribution in [3.63, 3.8) is 0 Å². The number of hydrogen-bond donors (Lipinski definition) is 2. The minimum atomic E-state index is -0.417. The Morgan fingerprint density at radius 3 is 3.00 bits per heavy atom. The highest BCUT2D eigenvalue weighted by molar-refractivity contribution is 7.13. The maximum absolute atomic E-state index is 10.6. The lowest BCUT2D eigenvalue weighted by molar-refractivity contribution is -0.118. The largest absolute Gasteiger partial charge is 0.473 e. The summed E-state index contributed by atoms with van der Waals surface area (Å²) in [4.78, 5) is 15.3. The summed E-state index contributed by atoms with van der Waals surface area (Å²) in [6, 6.07) is -0.376. The zero-order valence-electron chi connectivity index (χ0n) is 7.19. The highest BCUT2D eigenvalue weighted by Gasteiger charge is 2.12. The van der Waals surface area contributed by atoms with Crippen LogP contribution in [0.15, 0.2) is 6.20 Å². The number of aromatic nitrogens is 1. The highest BCUT2D eigenvalue weighted by Crippen LogP contribution is 2.25. The van der Waals surface area contributed by atoms with Crippen LogP contribution in [0.3, 0.4) is 0 Å². The Bertz CT molecular complexity index is 300. The van der Waals surface area contributed by atoms with E-state index in [0.717, 1.165) is 4.88 Å². The van der Waals surface area contributed by atoms with Crippen LogP contribution in [-0.2, 0) is 4.79 Å². The molecular weight excluding hydrogens is 190 g/mol. The summed E-state index contributed by atoms with van der Waals surface area (Å²) in [5.74, 6) is -0.417. The van der Waals surface area contributed by atoms with Gasteiger partial charge in [-0.1, -0.05) is 11.3 Å². The lowest BCUT2D eigenvalue weighted by atomic mass is 10.2. The molecule has 1 rings (SSSR count). The molecule has 1 atom stereocenters. The second-order valence-electron chi connectivity index (χ2n) is 2.51. The van der Waals surface area contributed by atoms with Gasteiger partial charge in [0, 0.05) is 23.5 Å². The molecule has 1 heterocycles. The number of hydrogen-bond acceptors (Lipinski definition) is 5. The summed E-state index contributed by atoms with van der Waals surface area (Å²) in [6.45, 7) is 0. The summed E-state index contributed by atoms with van der Waals surface area (Å²) in [5.41, 5.74) is 10.7. The topological polar surface area (TPSA) is 91.2 Å². The van der Waals surface area contributed by atoms with Crippen LogP contribution in [0.25, 0.3) is 0 Å². The number of thiazole rings is 1. The molecule has 72 valence electrons. The van der Waals surface area contributed by atoms with Crippen LogP contribution in [0.2, 0.25) is 0 Å². The SMILES string of the molecule is COc1ncc([C@H](N)CC(N)=O)s1. The minimum absolute atomic E-state index is 0.130. The summed E-state index contributed by atoms with van der Waals surface area (Å²) in [7, 11) is 1.53. The van der Waals surface area contributed by atoms with Gasteiger partial charge in [0.25, 0.3) is 5.19 Å². The third kappa shape index (κ3) is 2.67. The molecule has 0 unspecified atom stereocenters. The monoisotopic (exact) mass is 201 g/mol. The molecule has 0 aliphatic heterocycles. The molecule has 0 fully saturated rings. The smallest absolute Gasteiger partial charge is 0.273 e. The Balaban J connectivity index is 2.65. The molecule has 0 aliphatic carbocycles. The first-order chi connectivity index (χ1) is 6.13. The van der Waals surface area contributed by atoms with Crippen molar-refractivity contribution in [1.29, 1.82) is 0 Å². The van der Waals surface area contributed by atoms with Crippen molar-refractivity contribution in [1.82, 2.24) is 4.98 Å². The summed E-state index contributed by atoms with van der Waals surface area (Å²) in [6.07, 6.45) is 1.72. The summed E-state index contributed by atoms with van der Waals surface area (Å²) in [5, 5.41) is 0.537. The Hall–Kier alpha value is -1.14. The first kappa shape index (κ1) is 9.94. The van der Waals surface area contributed by atoms with Gasteiger partial charge >= 0.3 is 0 Å². The van der Waals surface area contributed by atoms with E-state index in [1.54, 1.807) is 6.20 Å². The Labute approximate surface area is 79.7 Å². The van der Waals surface area contributed by atoms with Crippen molar-refractivity contribution in [2.75, 3.05) is 7.11 Å². The van der Waals surface area contributed by atoms with Gasteiger partial charge in [-0.15, -0.1) is 0 Å². The fourth-order valence-corrected chi connectivity index (χ4v) is 1.58. The lowest BCUT2D eigenvalue weighted by Gasteiger charge is -2.04. The van der Waals surface area contributed by atoms with E-state index in [0.29, 0.717) is 5.19 Å². The van der Waals surface area contributed by atoms with E-state index in [1.807, 2.05) is 0 Å². The molecule has 0 bridgehead atoms. The van der Waals surface area contributed by atoms with Gasteiger partial charge < -0.3 is 16.2 Å². The van der Waals surface area contributed by atoms with Crippen molar-refractivity contribution in [2.24, 2.45) is 11.5 Å². The van der Waals surface area contributed by atoms with Crippen molar-refractivity contribution >= 4 is 17.2 Å². The molecule has 6 heteroatoms. The average Bonchev–Trinajstić information content (AvgIpc) is 2.50. The fourth-order valence-electron chi connectivity index (χ4n) is 0.853. The molecule has 0 radical (unpaired) electrons. The fraction of sp³-hybridized carbons (Fsp3) is 0.429. The second kappa shape index (κ2) is 4.20. The van der Waals surface area contributed by atoms with Gasteiger partial charge in [0.1, 0.15) is 0 Å². The lowest BCUT2D eigenvalue weighted by Crippen LogP contribution is -2.19. The third-order valence-electron chi connectivity index (χ3n) is 1.46. The Morgan fingerprint density at radius 2 is 2.54 bits per heavy atom. The van der Waals surface area contributed by atoms with Crippen LogP contribution in [0.4, 0.5) is 0 Å². The quantitative estimate of drug-likeness (QED) is 0.718. The number of carbonyl (C=O) groups excluding carboxylic acids is 1. The maximum Gasteiger partial charge on any atom is 0.273 e. The number of carbonyl (C=O) groups is 1. The van der Waals surface area contributed by atoms with Crippen molar-refractivity contribution in [3.05, 3.63) is 11.1 Å². The number of ether oxygens (including phenoxy) is 1. The molecule has 1 amide bonds. The Morgan fingerprint density at radius 1 is 1.85 bits per heavy atom. The first-order valence-electron chi connectivity index (χ1n) is 3.67. The van der Waals surface area contributed by atoms with E-state index in [4.69, 9.17) is 16.2 Å². The van der Waals surface area contributed by atoms with Crippen molar-refractivity contribution in [3.8, 4) is 5.19 Å². The molecule has 0 saturated carbocycles. The molecule has 0 aromatic carbocycles. The van der Waals surface area contributed by atoms with E-state index in [1.165, 1.54) is 18.4 Å². The van der Waals surface area contributed by atoms with Gasteiger partial charge in [0.2, 0.25) is 5.91 Å². The molecule has 0 spiro atoms. The van der Waals surface area contributed by atoms with E-state index in [2.05, 4.69) is 4.98 Å². The van der Waals surface area contributed by atoms with Gasteiger partial charge in [-0.05, 0) is 0 Å². The zero-order valence-corrected chi connectivity index (χ0v) is 8.00. The number of rotatable bonds is 4. The van der Waals surface area contributed by atoms with Gasteiger partial charge in [-0.3, -0.25) is 4.79 Å². The molecular formula is C7H11N3O2S. The Kier molecular flexibility index (Phi) is 3.21. The van der Waals surface area contributed by atoms with E-state index in [-0.39, 0.29) is 12.5 Å². The average molecular weight is 201 g/mol. The van der Waals surface area contributed by atoms with Crippen molar-refractivity contribution in [2.45, 2.75) is 12.5 Å². The van der Waals surface area contributed by atoms with Gasteiger partial charge in [0.15, 0.2) is 0 Å². The van der Waals surface area contributed by atoms with E-state index >= 15 is 0 Å². The standard InChI is InChI=1S/C7H11N3O2S/c1-12-7-10-3-5(13-7)4(8)2-6(9)11/h3-4H,2,8H2,1H3,(H2,9,11)/t4-/m1/s1. The van der Waals surface area contributed by atoms with Crippen LogP contribution in [0.1, 0.15) is 17.3 Å². The van der Waals surface area contributed by atoms with E-state index < -0.39 is 5.91 Å². The van der Waals surface area contributed by atoms with E-state index in [9.17, 15) is 4.79 Å². The molecule has 4 N–H and O–H groups in total. The first-order valence-corrected chi connectivity index (χ1v) is 4.48. The van der Waals surface area contributed by atoms with Gasteiger partial charge in [0.05, 0.1) is 7.11 Å². The maximum atomic E-state index is 10.6. The number of nitrogens with zero attached hydrogens (tertiary/aromatic N) is 1. The van der Waals surface area contributed by atoms with Crippen LogP contribution >= 0.6 is 11.3 Å².